The van der Waals surface area contributed by atoms with Crippen molar-refractivity contribution in [2.75, 3.05) is 13.1 Å². The maximum Gasteiger partial charge on any atom is 0.245 e. The van der Waals surface area contributed by atoms with Crippen LogP contribution in [-0.4, -0.2) is 29.3 Å². The number of rotatable bonds is 3. The number of nitrogens with one attached hydrogen (secondary N) is 3. The third kappa shape index (κ3) is 2.57. The fourth-order valence-corrected chi connectivity index (χ4v) is 3.15. The van der Waals surface area contributed by atoms with Crippen molar-refractivity contribution in [2.45, 2.75) is 24.9 Å². The molecule has 6 heteroatoms. The highest BCUT2D eigenvalue weighted by molar-refractivity contribution is 5.53. The topological polar surface area (TPSA) is 75.0 Å². The largest absolute Gasteiger partial charge is 0.337 e. The molecule has 3 heterocycles. The lowest BCUT2D eigenvalue weighted by atomic mass is 9.95. The Morgan fingerprint density at radius 3 is 2.86 bits per heavy atom. The number of benzene rings is 1. The number of hydrazine groups is 1. The van der Waals surface area contributed by atoms with E-state index >= 15 is 0 Å². The van der Waals surface area contributed by atoms with Crippen molar-refractivity contribution in [3.8, 4) is 11.4 Å². The average molecular weight is 285 g/mol. The maximum atomic E-state index is 5.43. The molecule has 2 fully saturated rings. The maximum absolute atomic E-state index is 5.43. The summed E-state index contributed by atoms with van der Waals surface area (Å²) in [6, 6.07) is 10.5. The van der Waals surface area contributed by atoms with Crippen molar-refractivity contribution in [3.05, 3.63) is 36.2 Å². The minimum Gasteiger partial charge on any atom is -0.337 e. The summed E-state index contributed by atoms with van der Waals surface area (Å²) in [5.74, 6) is 1.99. The smallest absolute Gasteiger partial charge is 0.245 e. The first-order valence-electron chi connectivity index (χ1n) is 7.51. The van der Waals surface area contributed by atoms with Crippen LogP contribution in [0, 0.1) is 5.92 Å². The Labute approximate surface area is 123 Å². The summed E-state index contributed by atoms with van der Waals surface area (Å²) in [7, 11) is 0. The lowest BCUT2D eigenvalue weighted by Crippen LogP contribution is -2.36. The molecule has 0 aliphatic carbocycles. The van der Waals surface area contributed by atoms with Crippen LogP contribution in [0.15, 0.2) is 34.9 Å². The van der Waals surface area contributed by atoms with Gasteiger partial charge in [-0.1, -0.05) is 35.5 Å². The molecule has 2 saturated heterocycles. The molecule has 4 rings (SSSR count). The Morgan fingerprint density at radius 1 is 1.14 bits per heavy atom. The molecule has 3 N–H and O–H groups in total. The van der Waals surface area contributed by atoms with Gasteiger partial charge in [-0.3, -0.25) is 5.43 Å². The van der Waals surface area contributed by atoms with Gasteiger partial charge in [-0.05, 0) is 31.8 Å². The third-order valence-electron chi connectivity index (χ3n) is 4.37. The van der Waals surface area contributed by atoms with Crippen LogP contribution in [0.4, 0.5) is 0 Å². The highest BCUT2D eigenvalue weighted by atomic mass is 16.5. The molecule has 21 heavy (non-hydrogen) atoms. The molecule has 6 nitrogen and oxygen atoms in total. The Morgan fingerprint density at radius 2 is 2.05 bits per heavy atom. The Bertz CT molecular complexity index is 593. The van der Waals surface area contributed by atoms with Crippen molar-refractivity contribution in [2.24, 2.45) is 5.92 Å². The van der Waals surface area contributed by atoms with Gasteiger partial charge in [0.15, 0.2) is 0 Å². The van der Waals surface area contributed by atoms with E-state index in [1.807, 2.05) is 30.3 Å². The van der Waals surface area contributed by atoms with Crippen LogP contribution in [-0.2, 0) is 0 Å². The molecule has 3 unspecified atom stereocenters. The minimum atomic E-state index is 0.0977. The molecule has 2 aliphatic rings. The van der Waals surface area contributed by atoms with Crippen molar-refractivity contribution in [1.29, 1.82) is 0 Å². The van der Waals surface area contributed by atoms with Gasteiger partial charge in [-0.2, -0.15) is 4.98 Å². The molecule has 2 aliphatic heterocycles. The highest BCUT2D eigenvalue weighted by Crippen LogP contribution is 2.28. The van der Waals surface area contributed by atoms with Crippen molar-refractivity contribution < 1.29 is 4.52 Å². The van der Waals surface area contributed by atoms with Crippen LogP contribution < -0.4 is 16.2 Å². The summed E-state index contributed by atoms with van der Waals surface area (Å²) < 4.78 is 5.43. The molecule has 0 bridgehead atoms. The van der Waals surface area contributed by atoms with Crippen LogP contribution in [0.1, 0.15) is 24.8 Å². The van der Waals surface area contributed by atoms with Gasteiger partial charge in [-0.25, -0.2) is 5.43 Å². The summed E-state index contributed by atoms with van der Waals surface area (Å²) in [5, 5.41) is 7.50. The SMILES string of the molecule is c1ccc(-c2noc(C3CC(C4CCNC4)NN3)n2)cc1. The second kappa shape index (κ2) is 5.55. The zero-order valence-corrected chi connectivity index (χ0v) is 11.7. The summed E-state index contributed by atoms with van der Waals surface area (Å²) in [5.41, 5.74) is 7.65. The highest BCUT2D eigenvalue weighted by Gasteiger charge is 2.35. The molecule has 1 aromatic carbocycles. The molecule has 110 valence electrons. The van der Waals surface area contributed by atoms with E-state index in [2.05, 4.69) is 26.3 Å². The van der Waals surface area contributed by atoms with Gasteiger partial charge in [-0.15, -0.1) is 0 Å². The standard InChI is InChI=1S/C15H19N5O/c1-2-4-10(5-3-1)14-17-15(21-20-14)13-8-12(18-19-13)11-6-7-16-9-11/h1-5,11-13,16,18-19H,6-9H2. The van der Waals surface area contributed by atoms with Crippen LogP contribution >= 0.6 is 0 Å². The normalized spacial score (nSPS) is 29.0. The number of nitrogens with zero attached hydrogens (tertiary/aromatic N) is 2. The lowest BCUT2D eigenvalue weighted by molar-refractivity contribution is 0.339. The molecular formula is C15H19N5O. The van der Waals surface area contributed by atoms with Gasteiger partial charge >= 0.3 is 0 Å². The molecule has 3 atom stereocenters. The summed E-state index contributed by atoms with van der Waals surface area (Å²) in [6.45, 7) is 2.21. The van der Waals surface area contributed by atoms with Crippen LogP contribution in [0.2, 0.25) is 0 Å². The first kappa shape index (κ1) is 12.9. The monoisotopic (exact) mass is 285 g/mol. The van der Waals surface area contributed by atoms with E-state index in [-0.39, 0.29) is 6.04 Å². The Hall–Kier alpha value is -1.76. The molecule has 2 aromatic rings. The number of hydrogen-bond donors (Lipinski definition) is 3. The van der Waals surface area contributed by atoms with Crippen molar-refractivity contribution in [3.63, 3.8) is 0 Å². The quantitative estimate of drug-likeness (QED) is 0.788. The zero-order chi connectivity index (χ0) is 14.1. The first-order valence-corrected chi connectivity index (χ1v) is 7.51. The Balaban J connectivity index is 1.47. The van der Waals surface area contributed by atoms with E-state index in [4.69, 9.17) is 4.52 Å². The van der Waals surface area contributed by atoms with Crippen molar-refractivity contribution >= 4 is 0 Å². The minimum absolute atomic E-state index is 0.0977. The van der Waals surface area contributed by atoms with E-state index in [0.29, 0.717) is 23.7 Å². The van der Waals surface area contributed by atoms with Gasteiger partial charge in [0.25, 0.3) is 0 Å². The fraction of sp³-hybridized carbons (Fsp3) is 0.467. The first-order chi connectivity index (χ1) is 10.4. The van der Waals surface area contributed by atoms with Crippen LogP contribution in [0.3, 0.4) is 0 Å². The van der Waals surface area contributed by atoms with E-state index in [0.717, 1.165) is 25.1 Å². The van der Waals surface area contributed by atoms with E-state index in [1.54, 1.807) is 0 Å². The van der Waals surface area contributed by atoms with E-state index in [9.17, 15) is 0 Å². The summed E-state index contributed by atoms with van der Waals surface area (Å²) in [6.07, 6.45) is 2.22. The predicted octanol–water partition coefficient (Wildman–Crippen LogP) is 1.25. The second-order valence-corrected chi connectivity index (χ2v) is 5.76. The second-order valence-electron chi connectivity index (χ2n) is 5.76. The number of aromatic nitrogens is 2. The van der Waals surface area contributed by atoms with Gasteiger partial charge in [0.05, 0.1) is 0 Å². The molecule has 0 amide bonds. The molecule has 0 spiro atoms. The van der Waals surface area contributed by atoms with E-state index < -0.39 is 0 Å². The Kier molecular flexibility index (Phi) is 3.42. The predicted molar refractivity (Wildman–Crippen MR) is 78.1 cm³/mol. The van der Waals surface area contributed by atoms with Crippen molar-refractivity contribution in [1.82, 2.24) is 26.3 Å². The van der Waals surface area contributed by atoms with Gasteiger partial charge in [0.1, 0.15) is 6.04 Å². The third-order valence-corrected chi connectivity index (χ3v) is 4.37. The molecule has 0 radical (unpaired) electrons. The van der Waals surface area contributed by atoms with Gasteiger partial charge < -0.3 is 9.84 Å². The molecule has 0 saturated carbocycles. The summed E-state index contributed by atoms with van der Waals surface area (Å²) >= 11 is 0. The zero-order valence-electron chi connectivity index (χ0n) is 11.7. The number of hydrogen-bond acceptors (Lipinski definition) is 6. The van der Waals surface area contributed by atoms with Gasteiger partial charge in [0, 0.05) is 11.6 Å². The van der Waals surface area contributed by atoms with Gasteiger partial charge in [0.2, 0.25) is 11.7 Å². The van der Waals surface area contributed by atoms with E-state index in [1.165, 1.54) is 6.42 Å². The molecule has 1 aromatic heterocycles. The van der Waals surface area contributed by atoms with Crippen LogP contribution in [0.25, 0.3) is 11.4 Å². The lowest BCUT2D eigenvalue weighted by Gasteiger charge is -2.15. The average Bonchev–Trinajstić information content (AvgIpc) is 3.27. The van der Waals surface area contributed by atoms with Crippen LogP contribution in [0.5, 0.6) is 0 Å². The fourth-order valence-electron chi connectivity index (χ4n) is 3.15. The molecular weight excluding hydrogens is 266 g/mol. The summed E-state index contributed by atoms with van der Waals surface area (Å²) in [4.78, 5) is 4.53.